The van der Waals surface area contributed by atoms with Crippen molar-refractivity contribution in [2.45, 2.75) is 83.3 Å². The molecule has 1 atom stereocenters. The van der Waals surface area contributed by atoms with Crippen molar-refractivity contribution in [3.63, 3.8) is 0 Å². The molecule has 2 aromatic rings. The number of imidazole rings is 1. The summed E-state index contributed by atoms with van der Waals surface area (Å²) in [7, 11) is 0. The van der Waals surface area contributed by atoms with Crippen LogP contribution in [-0.2, 0) is 6.54 Å². The van der Waals surface area contributed by atoms with Crippen molar-refractivity contribution >= 4 is 0 Å². The fourth-order valence-corrected chi connectivity index (χ4v) is 4.26. The molecule has 4 rings (SSSR count). The first kappa shape index (κ1) is 16.8. The third-order valence-electron chi connectivity index (χ3n) is 5.70. The Morgan fingerprint density at radius 2 is 2.00 bits per heavy atom. The zero-order valence-electron chi connectivity index (χ0n) is 15.4. The molecule has 0 bridgehead atoms. The molecule has 0 unspecified atom stereocenters. The van der Waals surface area contributed by atoms with Gasteiger partial charge in [0.1, 0.15) is 0 Å². The summed E-state index contributed by atoms with van der Waals surface area (Å²) in [4.78, 5) is 11.6. The van der Waals surface area contributed by atoms with Crippen molar-refractivity contribution in [2.24, 2.45) is 0 Å². The highest BCUT2D eigenvalue weighted by molar-refractivity contribution is 5.05. The van der Waals surface area contributed by atoms with Gasteiger partial charge in [-0.1, -0.05) is 38.3 Å². The van der Waals surface area contributed by atoms with Crippen LogP contribution in [0.5, 0.6) is 0 Å². The van der Waals surface area contributed by atoms with Gasteiger partial charge in [0.25, 0.3) is 0 Å². The molecule has 2 aromatic heterocycles. The van der Waals surface area contributed by atoms with Gasteiger partial charge in [0.15, 0.2) is 5.82 Å². The smallest absolute Gasteiger partial charge is 0.244 e. The monoisotopic (exact) mass is 343 g/mol. The standard InChI is InChI=1S/C19H29N5O/c1-14(2)18-21-19(25-22-18)17-9-6-10-23(17)12-16-11-20-13-24(16)15-7-4-3-5-8-15/h11,13-15,17H,3-10,12H2,1-2H3/t17-/m1/s1. The molecule has 1 saturated carbocycles. The molecular formula is C19H29N5O. The maximum absolute atomic E-state index is 5.58. The van der Waals surface area contributed by atoms with E-state index >= 15 is 0 Å². The molecule has 0 amide bonds. The molecule has 0 spiro atoms. The average Bonchev–Trinajstić information content (AvgIpc) is 3.36. The van der Waals surface area contributed by atoms with Gasteiger partial charge in [0, 0.05) is 24.7 Å². The predicted octanol–water partition coefficient (Wildman–Crippen LogP) is 4.23. The number of hydrogen-bond acceptors (Lipinski definition) is 5. The molecule has 6 heteroatoms. The van der Waals surface area contributed by atoms with Crippen molar-refractivity contribution in [3.8, 4) is 0 Å². The molecule has 1 aliphatic heterocycles. The minimum absolute atomic E-state index is 0.245. The summed E-state index contributed by atoms with van der Waals surface area (Å²) in [6.45, 7) is 6.20. The highest BCUT2D eigenvalue weighted by Gasteiger charge is 2.32. The lowest BCUT2D eigenvalue weighted by molar-refractivity contribution is 0.194. The maximum Gasteiger partial charge on any atom is 0.244 e. The van der Waals surface area contributed by atoms with Crippen LogP contribution in [0, 0.1) is 0 Å². The maximum atomic E-state index is 5.58. The first-order valence-corrected chi connectivity index (χ1v) is 9.80. The van der Waals surface area contributed by atoms with E-state index in [9.17, 15) is 0 Å². The van der Waals surface area contributed by atoms with Gasteiger partial charge < -0.3 is 9.09 Å². The Balaban J connectivity index is 1.49. The molecule has 0 radical (unpaired) electrons. The van der Waals surface area contributed by atoms with Crippen molar-refractivity contribution in [3.05, 3.63) is 29.9 Å². The Morgan fingerprint density at radius 3 is 2.76 bits per heavy atom. The lowest BCUT2D eigenvalue weighted by Crippen LogP contribution is -2.25. The Kier molecular flexibility index (Phi) is 4.88. The molecule has 136 valence electrons. The first-order chi connectivity index (χ1) is 12.2. The van der Waals surface area contributed by atoms with E-state index in [1.54, 1.807) is 0 Å². The van der Waals surface area contributed by atoms with Gasteiger partial charge in [-0.2, -0.15) is 4.98 Å². The number of hydrogen-bond donors (Lipinski definition) is 0. The summed E-state index contributed by atoms with van der Waals surface area (Å²) in [6, 6.07) is 0.873. The number of nitrogens with zero attached hydrogens (tertiary/aromatic N) is 5. The number of likely N-dealkylation sites (tertiary alicyclic amines) is 1. The molecule has 1 aliphatic carbocycles. The van der Waals surface area contributed by atoms with Gasteiger partial charge in [-0.15, -0.1) is 0 Å². The zero-order valence-corrected chi connectivity index (χ0v) is 15.4. The fourth-order valence-electron chi connectivity index (χ4n) is 4.26. The van der Waals surface area contributed by atoms with E-state index in [-0.39, 0.29) is 6.04 Å². The van der Waals surface area contributed by atoms with Crippen LogP contribution in [0.25, 0.3) is 0 Å². The van der Waals surface area contributed by atoms with E-state index in [1.165, 1.54) is 44.2 Å². The van der Waals surface area contributed by atoms with Crippen LogP contribution in [0.3, 0.4) is 0 Å². The topological polar surface area (TPSA) is 60.0 Å². The van der Waals surface area contributed by atoms with Crippen LogP contribution in [-0.4, -0.2) is 31.1 Å². The molecule has 1 saturated heterocycles. The van der Waals surface area contributed by atoms with Gasteiger partial charge >= 0.3 is 0 Å². The predicted molar refractivity (Wildman–Crippen MR) is 95.1 cm³/mol. The Hall–Kier alpha value is -1.69. The van der Waals surface area contributed by atoms with E-state index in [4.69, 9.17) is 4.52 Å². The average molecular weight is 343 g/mol. The van der Waals surface area contributed by atoms with E-state index < -0.39 is 0 Å². The number of aromatic nitrogens is 4. The summed E-state index contributed by atoms with van der Waals surface area (Å²) in [5.41, 5.74) is 1.32. The molecule has 0 aromatic carbocycles. The summed E-state index contributed by atoms with van der Waals surface area (Å²) in [5, 5.41) is 4.15. The van der Waals surface area contributed by atoms with Crippen LogP contribution in [0.4, 0.5) is 0 Å². The first-order valence-electron chi connectivity index (χ1n) is 9.80. The third-order valence-corrected chi connectivity index (χ3v) is 5.70. The second kappa shape index (κ2) is 7.28. The van der Waals surface area contributed by atoms with Gasteiger partial charge in [-0.05, 0) is 32.2 Å². The van der Waals surface area contributed by atoms with Crippen molar-refractivity contribution in [1.29, 1.82) is 0 Å². The van der Waals surface area contributed by atoms with Crippen LogP contribution in [0.15, 0.2) is 17.0 Å². The number of rotatable bonds is 5. The van der Waals surface area contributed by atoms with Crippen molar-refractivity contribution in [2.75, 3.05) is 6.54 Å². The lowest BCUT2D eigenvalue weighted by atomic mass is 9.95. The SMILES string of the molecule is CC(C)c1noc([C@H]2CCCN2Cc2cncn2C2CCCCC2)n1. The second-order valence-electron chi connectivity index (χ2n) is 7.86. The minimum atomic E-state index is 0.245. The molecule has 3 heterocycles. The highest BCUT2D eigenvalue weighted by Crippen LogP contribution is 2.34. The summed E-state index contributed by atoms with van der Waals surface area (Å²) in [5.74, 6) is 1.90. The van der Waals surface area contributed by atoms with Gasteiger partial charge in [0.05, 0.1) is 18.1 Å². The second-order valence-corrected chi connectivity index (χ2v) is 7.86. The zero-order chi connectivity index (χ0) is 17.2. The van der Waals surface area contributed by atoms with E-state index in [2.05, 4.69) is 38.4 Å². The van der Waals surface area contributed by atoms with Crippen molar-refractivity contribution < 1.29 is 4.52 Å². The summed E-state index contributed by atoms with van der Waals surface area (Å²) >= 11 is 0. The van der Waals surface area contributed by atoms with Crippen LogP contribution in [0.2, 0.25) is 0 Å². The van der Waals surface area contributed by atoms with Gasteiger partial charge in [-0.25, -0.2) is 4.98 Å². The third kappa shape index (κ3) is 3.50. The molecule has 6 nitrogen and oxygen atoms in total. The van der Waals surface area contributed by atoms with E-state index in [0.717, 1.165) is 31.2 Å². The van der Waals surface area contributed by atoms with Crippen molar-refractivity contribution in [1.82, 2.24) is 24.6 Å². The van der Waals surface area contributed by atoms with Crippen LogP contribution < -0.4 is 0 Å². The molecule has 0 N–H and O–H groups in total. The summed E-state index contributed by atoms with van der Waals surface area (Å²) in [6.07, 6.45) is 13.0. The van der Waals surface area contributed by atoms with E-state index in [0.29, 0.717) is 12.0 Å². The Bertz CT molecular complexity index is 686. The molecular weight excluding hydrogens is 314 g/mol. The Morgan fingerprint density at radius 1 is 1.16 bits per heavy atom. The fraction of sp³-hybridized carbons (Fsp3) is 0.737. The Labute approximate surface area is 149 Å². The summed E-state index contributed by atoms with van der Waals surface area (Å²) < 4.78 is 8.00. The quantitative estimate of drug-likeness (QED) is 0.813. The molecule has 2 aliphatic rings. The highest BCUT2D eigenvalue weighted by atomic mass is 16.5. The largest absolute Gasteiger partial charge is 0.338 e. The van der Waals surface area contributed by atoms with Gasteiger partial charge in [-0.3, -0.25) is 4.90 Å². The normalized spacial score (nSPS) is 22.9. The van der Waals surface area contributed by atoms with Crippen LogP contribution in [0.1, 0.15) is 94.2 Å². The van der Waals surface area contributed by atoms with Crippen LogP contribution >= 0.6 is 0 Å². The minimum Gasteiger partial charge on any atom is -0.338 e. The van der Waals surface area contributed by atoms with E-state index in [1.807, 2.05) is 12.5 Å². The van der Waals surface area contributed by atoms with Gasteiger partial charge in [0.2, 0.25) is 5.89 Å². The molecule has 2 fully saturated rings. The molecule has 25 heavy (non-hydrogen) atoms. The lowest BCUT2D eigenvalue weighted by Gasteiger charge is -2.27.